The quantitative estimate of drug-likeness (QED) is 0.204. The van der Waals surface area contributed by atoms with E-state index in [2.05, 4.69) is 33.2 Å². The lowest BCUT2D eigenvalue weighted by molar-refractivity contribution is -0.175. The molecule has 164 valence electrons. The zero-order chi connectivity index (χ0) is 20.9. The monoisotopic (exact) mass is 397 g/mol. The zero-order valence-electron chi connectivity index (χ0n) is 18.7. The number of guanidine groups is 1. The van der Waals surface area contributed by atoms with Crippen LogP contribution in [0.15, 0.2) is 4.99 Å². The van der Waals surface area contributed by atoms with E-state index in [0.717, 1.165) is 13.0 Å². The van der Waals surface area contributed by atoms with Gasteiger partial charge in [-0.05, 0) is 26.8 Å². The summed E-state index contributed by atoms with van der Waals surface area (Å²) in [6.45, 7) is 11.0. The number of ether oxygens (including phenoxy) is 1. The van der Waals surface area contributed by atoms with E-state index in [4.69, 9.17) is 4.74 Å². The molecular formula is C21H43N5O2. The van der Waals surface area contributed by atoms with Crippen molar-refractivity contribution in [2.75, 3.05) is 13.1 Å². The molecule has 1 aliphatic heterocycles. The van der Waals surface area contributed by atoms with E-state index in [0.29, 0.717) is 12.5 Å². The first-order valence-electron chi connectivity index (χ1n) is 11.2. The maximum absolute atomic E-state index is 11.6. The first kappa shape index (κ1) is 24.7. The number of aliphatic imine (C=N–C) groups is 1. The van der Waals surface area contributed by atoms with Gasteiger partial charge in [-0.25, -0.2) is 10.6 Å². The summed E-state index contributed by atoms with van der Waals surface area (Å²) >= 11 is 0. The maximum atomic E-state index is 11.6. The average Bonchev–Trinajstić information content (AvgIpc) is 2.57. The molecule has 0 aromatic heterocycles. The van der Waals surface area contributed by atoms with Gasteiger partial charge >= 0.3 is 11.9 Å². The van der Waals surface area contributed by atoms with Gasteiger partial charge in [0.1, 0.15) is 0 Å². The van der Waals surface area contributed by atoms with E-state index in [1.165, 1.54) is 64.7 Å². The Bertz CT molecular complexity index is 481. The summed E-state index contributed by atoms with van der Waals surface area (Å²) in [5, 5.41) is 12.9. The fraction of sp³-hybridized carbons (Fsp3) is 0.905. The van der Waals surface area contributed by atoms with Gasteiger partial charge in [0, 0.05) is 13.5 Å². The summed E-state index contributed by atoms with van der Waals surface area (Å²) in [6.07, 6.45) is 13.1. The molecule has 7 nitrogen and oxygen atoms in total. The van der Waals surface area contributed by atoms with Crippen molar-refractivity contribution >= 4 is 11.9 Å². The second-order valence-electron chi connectivity index (χ2n) is 8.22. The highest BCUT2D eigenvalue weighted by atomic mass is 16.6. The lowest BCUT2D eigenvalue weighted by Gasteiger charge is -2.47. The number of carbonyl (C=O) groups excluding carboxylic acids is 1. The van der Waals surface area contributed by atoms with Gasteiger partial charge in [-0.2, -0.15) is 0 Å². The van der Waals surface area contributed by atoms with Crippen molar-refractivity contribution in [1.82, 2.24) is 21.3 Å². The predicted octanol–water partition coefficient (Wildman–Crippen LogP) is 3.57. The SMILES string of the molecule is CCCCCCCCCCCCN=C1NC(C)(C)NC(NCC)(OC(C)=O)N1. The van der Waals surface area contributed by atoms with E-state index >= 15 is 0 Å². The third kappa shape index (κ3) is 10.3. The standard InChI is InChI=1S/C21H43N5O2/c1-6-8-9-10-11-12-13-14-15-16-17-22-19-24-20(4,5)26-21(25-19,23-7-2)28-18(3)27/h23,26H,6-17H2,1-5H3,(H2,22,24,25). The minimum atomic E-state index is -1.15. The fourth-order valence-corrected chi connectivity index (χ4v) is 3.51. The van der Waals surface area contributed by atoms with Crippen LogP contribution < -0.4 is 21.3 Å². The van der Waals surface area contributed by atoms with Crippen LogP contribution in [0.3, 0.4) is 0 Å². The molecule has 1 aliphatic rings. The zero-order valence-corrected chi connectivity index (χ0v) is 18.7. The highest BCUT2D eigenvalue weighted by Crippen LogP contribution is 2.13. The lowest BCUT2D eigenvalue weighted by Crippen LogP contribution is -2.82. The smallest absolute Gasteiger partial charge is 0.307 e. The Morgan fingerprint density at radius 2 is 1.54 bits per heavy atom. The summed E-state index contributed by atoms with van der Waals surface area (Å²) in [7, 11) is 0. The van der Waals surface area contributed by atoms with Crippen LogP contribution >= 0.6 is 0 Å². The topological polar surface area (TPSA) is 86.8 Å². The van der Waals surface area contributed by atoms with Crippen molar-refractivity contribution in [3.63, 3.8) is 0 Å². The predicted molar refractivity (Wildman–Crippen MR) is 116 cm³/mol. The van der Waals surface area contributed by atoms with E-state index in [1.807, 2.05) is 20.8 Å². The molecule has 0 aliphatic carbocycles. The number of hydrogen-bond acceptors (Lipinski definition) is 5. The molecule has 0 amide bonds. The average molecular weight is 398 g/mol. The van der Waals surface area contributed by atoms with Crippen molar-refractivity contribution in [2.45, 2.75) is 110 Å². The van der Waals surface area contributed by atoms with Crippen molar-refractivity contribution in [1.29, 1.82) is 0 Å². The van der Waals surface area contributed by atoms with Crippen LogP contribution in [0.1, 0.15) is 98.8 Å². The highest BCUT2D eigenvalue weighted by Gasteiger charge is 2.43. The molecule has 1 unspecified atom stereocenters. The Labute approximate surface area is 171 Å². The molecule has 0 spiro atoms. The number of nitrogens with zero attached hydrogens (tertiary/aromatic N) is 1. The molecule has 1 fully saturated rings. The number of nitrogens with one attached hydrogen (secondary N) is 4. The Morgan fingerprint density at radius 1 is 0.964 bits per heavy atom. The van der Waals surface area contributed by atoms with E-state index in [-0.39, 0.29) is 5.97 Å². The van der Waals surface area contributed by atoms with Gasteiger partial charge in [0.15, 0.2) is 5.96 Å². The number of unbranched alkanes of at least 4 members (excludes halogenated alkanes) is 9. The Hall–Kier alpha value is -1.34. The molecular weight excluding hydrogens is 354 g/mol. The molecule has 28 heavy (non-hydrogen) atoms. The molecule has 1 heterocycles. The summed E-state index contributed by atoms with van der Waals surface area (Å²) < 4.78 is 5.50. The lowest BCUT2D eigenvalue weighted by atomic mass is 10.1. The third-order valence-electron chi connectivity index (χ3n) is 4.72. The van der Waals surface area contributed by atoms with Gasteiger partial charge < -0.3 is 10.1 Å². The van der Waals surface area contributed by atoms with E-state index in [1.54, 1.807) is 0 Å². The fourth-order valence-electron chi connectivity index (χ4n) is 3.51. The highest BCUT2D eigenvalue weighted by molar-refractivity contribution is 5.82. The van der Waals surface area contributed by atoms with Crippen LogP contribution in [-0.2, 0) is 9.53 Å². The van der Waals surface area contributed by atoms with Crippen LogP contribution in [0, 0.1) is 0 Å². The first-order chi connectivity index (χ1) is 13.3. The van der Waals surface area contributed by atoms with Crippen LogP contribution in [0.25, 0.3) is 0 Å². The van der Waals surface area contributed by atoms with Crippen molar-refractivity contribution in [2.24, 2.45) is 4.99 Å². The molecule has 0 aromatic carbocycles. The normalized spacial score (nSPS) is 22.5. The molecule has 0 bridgehead atoms. The summed E-state index contributed by atoms with van der Waals surface area (Å²) in [6, 6.07) is 0. The van der Waals surface area contributed by atoms with Gasteiger partial charge in [0.2, 0.25) is 0 Å². The van der Waals surface area contributed by atoms with Crippen molar-refractivity contribution in [3.8, 4) is 0 Å². The first-order valence-corrected chi connectivity index (χ1v) is 11.2. The van der Waals surface area contributed by atoms with Gasteiger partial charge in [0.05, 0.1) is 5.66 Å². The molecule has 0 saturated carbocycles. The maximum Gasteiger partial charge on any atom is 0.307 e. The van der Waals surface area contributed by atoms with Gasteiger partial charge in [0.25, 0.3) is 0 Å². The molecule has 0 radical (unpaired) electrons. The van der Waals surface area contributed by atoms with Gasteiger partial charge in [-0.3, -0.25) is 15.1 Å². The van der Waals surface area contributed by atoms with Crippen LogP contribution in [0.2, 0.25) is 0 Å². The number of rotatable bonds is 14. The van der Waals surface area contributed by atoms with E-state index < -0.39 is 11.6 Å². The Kier molecular flexibility index (Phi) is 11.5. The summed E-state index contributed by atoms with van der Waals surface area (Å²) in [5.41, 5.74) is -0.473. The minimum Gasteiger partial charge on any atom is -0.411 e. The molecule has 0 aromatic rings. The number of esters is 1. The Morgan fingerprint density at radius 3 is 2.07 bits per heavy atom. The number of hydrogen-bond donors (Lipinski definition) is 4. The van der Waals surface area contributed by atoms with Crippen molar-refractivity contribution < 1.29 is 9.53 Å². The largest absolute Gasteiger partial charge is 0.411 e. The molecule has 7 heteroatoms. The summed E-state index contributed by atoms with van der Waals surface area (Å²) in [5.74, 6) is -0.874. The third-order valence-corrected chi connectivity index (χ3v) is 4.72. The van der Waals surface area contributed by atoms with Crippen LogP contribution in [0.5, 0.6) is 0 Å². The molecule has 1 atom stereocenters. The number of carbonyl (C=O) groups is 1. The second kappa shape index (κ2) is 13.0. The molecule has 4 N–H and O–H groups in total. The van der Waals surface area contributed by atoms with Gasteiger partial charge in [-0.15, -0.1) is 0 Å². The summed E-state index contributed by atoms with van der Waals surface area (Å²) in [4.78, 5) is 16.2. The van der Waals surface area contributed by atoms with Crippen LogP contribution in [-0.4, -0.2) is 36.7 Å². The van der Waals surface area contributed by atoms with E-state index in [9.17, 15) is 4.79 Å². The Balaban J connectivity index is 2.36. The minimum absolute atomic E-state index is 0.368. The second-order valence-corrected chi connectivity index (χ2v) is 8.22. The van der Waals surface area contributed by atoms with Crippen molar-refractivity contribution in [3.05, 3.63) is 0 Å². The molecule has 1 saturated heterocycles. The van der Waals surface area contributed by atoms with Gasteiger partial charge in [-0.1, -0.05) is 71.6 Å². The molecule has 1 rings (SSSR count). The van der Waals surface area contributed by atoms with Crippen LogP contribution in [0.4, 0.5) is 0 Å².